The molecule has 4 unspecified atom stereocenters. The van der Waals surface area contributed by atoms with Crippen molar-refractivity contribution in [3.05, 3.63) is 0 Å². The van der Waals surface area contributed by atoms with Gasteiger partial charge in [-0.3, -0.25) is 0 Å². The highest BCUT2D eigenvalue weighted by molar-refractivity contribution is 4.88. The first-order valence-corrected chi connectivity index (χ1v) is 8.50. The van der Waals surface area contributed by atoms with Crippen LogP contribution in [0.5, 0.6) is 0 Å². The molecule has 0 aliphatic heterocycles. The van der Waals surface area contributed by atoms with Gasteiger partial charge in [-0.2, -0.15) is 0 Å². The van der Waals surface area contributed by atoms with Gasteiger partial charge in [0.25, 0.3) is 0 Å². The Hall–Kier alpha value is -0.120. The van der Waals surface area contributed by atoms with Crippen molar-refractivity contribution in [2.75, 3.05) is 47.3 Å². The van der Waals surface area contributed by atoms with E-state index >= 15 is 0 Å². The Morgan fingerprint density at radius 2 is 1.75 bits per heavy atom. The summed E-state index contributed by atoms with van der Waals surface area (Å²) in [6.07, 6.45) is 4.03. The average molecular weight is 284 g/mol. The minimum absolute atomic E-state index is 0.718. The number of hydrogen-bond donors (Lipinski definition) is 1. The first kappa shape index (κ1) is 17.9. The summed E-state index contributed by atoms with van der Waals surface area (Å²) in [6, 6.07) is 0.718. The fraction of sp³-hybridized carbons (Fsp3) is 1.00. The van der Waals surface area contributed by atoms with Crippen molar-refractivity contribution in [3.63, 3.8) is 0 Å². The van der Waals surface area contributed by atoms with E-state index in [2.05, 4.69) is 57.0 Å². The lowest BCUT2D eigenvalue weighted by molar-refractivity contribution is 0.111. The van der Waals surface area contributed by atoms with Gasteiger partial charge >= 0.3 is 0 Å². The van der Waals surface area contributed by atoms with Gasteiger partial charge in [0.1, 0.15) is 0 Å². The molecule has 1 N–H and O–H groups in total. The maximum Gasteiger partial charge on any atom is 0.0112 e. The standard InChI is InChI=1S/C17H37N3/c1-7-18-17-12-14(2)11-15(3)16(17)13-20(6)10-8-9-19(4)5/h14-18H,7-13H2,1-6H3. The quantitative estimate of drug-likeness (QED) is 0.738. The van der Waals surface area contributed by atoms with Gasteiger partial charge in [0.05, 0.1) is 0 Å². The van der Waals surface area contributed by atoms with E-state index in [0.29, 0.717) is 0 Å². The number of nitrogens with one attached hydrogen (secondary N) is 1. The van der Waals surface area contributed by atoms with Crippen LogP contribution in [0.3, 0.4) is 0 Å². The number of rotatable bonds is 8. The van der Waals surface area contributed by atoms with E-state index in [1.807, 2.05) is 0 Å². The third kappa shape index (κ3) is 6.11. The zero-order valence-electron chi connectivity index (χ0n) is 14.7. The molecule has 0 saturated heterocycles. The van der Waals surface area contributed by atoms with Crippen LogP contribution < -0.4 is 5.32 Å². The fourth-order valence-corrected chi connectivity index (χ4v) is 3.82. The van der Waals surface area contributed by atoms with Gasteiger partial charge in [-0.1, -0.05) is 20.8 Å². The summed E-state index contributed by atoms with van der Waals surface area (Å²) in [4.78, 5) is 4.82. The molecular formula is C17H37N3. The third-order valence-corrected chi connectivity index (χ3v) is 4.81. The van der Waals surface area contributed by atoms with E-state index in [4.69, 9.17) is 0 Å². The van der Waals surface area contributed by atoms with Crippen LogP contribution in [0.15, 0.2) is 0 Å². The van der Waals surface area contributed by atoms with Crippen molar-refractivity contribution in [2.24, 2.45) is 17.8 Å². The topological polar surface area (TPSA) is 18.5 Å². The van der Waals surface area contributed by atoms with Gasteiger partial charge in [0.2, 0.25) is 0 Å². The first-order chi connectivity index (χ1) is 9.43. The molecule has 1 fully saturated rings. The second-order valence-electron chi connectivity index (χ2n) is 7.30. The van der Waals surface area contributed by atoms with Gasteiger partial charge in [-0.25, -0.2) is 0 Å². The van der Waals surface area contributed by atoms with E-state index in [1.165, 1.54) is 38.9 Å². The molecule has 0 aromatic carbocycles. The van der Waals surface area contributed by atoms with E-state index in [9.17, 15) is 0 Å². The molecule has 0 aromatic rings. The van der Waals surface area contributed by atoms with Crippen LogP contribution in [0.25, 0.3) is 0 Å². The molecule has 1 rings (SSSR count). The lowest BCUT2D eigenvalue weighted by atomic mass is 9.72. The Labute approximate surface area is 127 Å². The van der Waals surface area contributed by atoms with Crippen LogP contribution in [0, 0.1) is 17.8 Å². The molecule has 3 nitrogen and oxygen atoms in total. The van der Waals surface area contributed by atoms with E-state index < -0.39 is 0 Å². The normalized spacial score (nSPS) is 31.2. The van der Waals surface area contributed by atoms with Crippen molar-refractivity contribution >= 4 is 0 Å². The smallest absolute Gasteiger partial charge is 0.0112 e. The van der Waals surface area contributed by atoms with Crippen molar-refractivity contribution < 1.29 is 0 Å². The Balaban J connectivity index is 2.44. The lowest BCUT2D eigenvalue weighted by Crippen LogP contribution is -2.48. The van der Waals surface area contributed by atoms with Crippen LogP contribution in [-0.2, 0) is 0 Å². The lowest BCUT2D eigenvalue weighted by Gasteiger charge is -2.42. The molecule has 0 aromatic heterocycles. The fourth-order valence-electron chi connectivity index (χ4n) is 3.82. The summed E-state index contributed by atoms with van der Waals surface area (Å²) < 4.78 is 0. The van der Waals surface area contributed by atoms with E-state index in [0.717, 1.165) is 30.3 Å². The molecule has 0 spiro atoms. The zero-order valence-corrected chi connectivity index (χ0v) is 14.7. The second kappa shape index (κ2) is 9.01. The molecule has 1 aliphatic carbocycles. The van der Waals surface area contributed by atoms with E-state index in [-0.39, 0.29) is 0 Å². The highest BCUT2D eigenvalue weighted by Crippen LogP contribution is 2.34. The van der Waals surface area contributed by atoms with E-state index in [1.54, 1.807) is 0 Å². The van der Waals surface area contributed by atoms with Gasteiger partial charge in [0.15, 0.2) is 0 Å². The number of nitrogens with zero attached hydrogens (tertiary/aromatic N) is 2. The zero-order chi connectivity index (χ0) is 15.1. The molecule has 0 bridgehead atoms. The van der Waals surface area contributed by atoms with Crippen LogP contribution >= 0.6 is 0 Å². The first-order valence-electron chi connectivity index (χ1n) is 8.50. The van der Waals surface area contributed by atoms with Crippen LogP contribution in [0.1, 0.15) is 40.0 Å². The molecule has 1 aliphatic rings. The largest absolute Gasteiger partial charge is 0.314 e. The highest BCUT2D eigenvalue weighted by Gasteiger charge is 2.33. The maximum absolute atomic E-state index is 3.74. The van der Waals surface area contributed by atoms with Gasteiger partial charge in [0, 0.05) is 12.6 Å². The summed E-state index contributed by atoms with van der Waals surface area (Å²) in [6.45, 7) is 11.9. The molecule has 1 saturated carbocycles. The Bertz CT molecular complexity index is 255. The molecule has 3 heteroatoms. The van der Waals surface area contributed by atoms with Crippen molar-refractivity contribution in [3.8, 4) is 0 Å². The maximum atomic E-state index is 3.74. The molecular weight excluding hydrogens is 246 g/mol. The summed E-state index contributed by atoms with van der Waals surface area (Å²) >= 11 is 0. The third-order valence-electron chi connectivity index (χ3n) is 4.81. The molecule has 120 valence electrons. The van der Waals surface area contributed by atoms with Crippen molar-refractivity contribution in [1.82, 2.24) is 15.1 Å². The summed E-state index contributed by atoms with van der Waals surface area (Å²) in [5, 5.41) is 3.74. The summed E-state index contributed by atoms with van der Waals surface area (Å²) in [5.41, 5.74) is 0. The van der Waals surface area contributed by atoms with Crippen LogP contribution in [0.2, 0.25) is 0 Å². The van der Waals surface area contributed by atoms with Gasteiger partial charge < -0.3 is 15.1 Å². The van der Waals surface area contributed by atoms with Crippen LogP contribution in [0.4, 0.5) is 0 Å². The minimum atomic E-state index is 0.718. The average Bonchev–Trinajstić information content (AvgIpc) is 2.33. The molecule has 4 atom stereocenters. The summed E-state index contributed by atoms with van der Waals surface area (Å²) in [7, 11) is 6.61. The number of hydrogen-bond acceptors (Lipinski definition) is 3. The Morgan fingerprint density at radius 3 is 2.35 bits per heavy atom. The molecule has 20 heavy (non-hydrogen) atoms. The highest BCUT2D eigenvalue weighted by atomic mass is 15.1. The molecule has 0 amide bonds. The van der Waals surface area contributed by atoms with Gasteiger partial charge in [-0.05, 0) is 77.8 Å². The van der Waals surface area contributed by atoms with Crippen molar-refractivity contribution in [1.29, 1.82) is 0 Å². The minimum Gasteiger partial charge on any atom is -0.314 e. The SMILES string of the molecule is CCNC1CC(C)CC(C)C1CN(C)CCCN(C)C. The predicted molar refractivity (Wildman–Crippen MR) is 89.2 cm³/mol. The Morgan fingerprint density at radius 1 is 1.05 bits per heavy atom. The monoisotopic (exact) mass is 283 g/mol. The van der Waals surface area contributed by atoms with Crippen molar-refractivity contribution in [2.45, 2.75) is 46.1 Å². The van der Waals surface area contributed by atoms with Crippen LogP contribution in [-0.4, -0.2) is 63.2 Å². The Kier molecular flexibility index (Phi) is 8.08. The molecule has 0 radical (unpaired) electrons. The second-order valence-corrected chi connectivity index (χ2v) is 7.30. The molecule has 0 heterocycles. The predicted octanol–water partition coefficient (Wildman–Crippen LogP) is 2.53. The van der Waals surface area contributed by atoms with Gasteiger partial charge in [-0.15, -0.1) is 0 Å². The summed E-state index contributed by atoms with van der Waals surface area (Å²) in [5.74, 6) is 2.54.